The van der Waals surface area contributed by atoms with Crippen molar-refractivity contribution in [1.82, 2.24) is 14.7 Å². The van der Waals surface area contributed by atoms with Gasteiger partial charge < -0.3 is 5.11 Å². The summed E-state index contributed by atoms with van der Waals surface area (Å²) in [6.45, 7) is 9.64. The highest BCUT2D eigenvalue weighted by Crippen LogP contribution is 2.11. The number of hydrogen-bond donors (Lipinski definition) is 1. The molecule has 0 radical (unpaired) electrons. The Kier molecular flexibility index (Phi) is 5.34. The summed E-state index contributed by atoms with van der Waals surface area (Å²) >= 11 is 0. The number of carbonyl (C=O) groups is 1. The molecule has 0 atom stereocenters. The summed E-state index contributed by atoms with van der Waals surface area (Å²) in [4.78, 5) is 12.8. The highest BCUT2D eigenvalue weighted by atomic mass is 16.4. The highest BCUT2D eigenvalue weighted by molar-refractivity contribution is 5.66. The minimum Gasteiger partial charge on any atom is -0.481 e. The van der Waals surface area contributed by atoms with Crippen LogP contribution in [0.25, 0.3) is 0 Å². The van der Waals surface area contributed by atoms with Gasteiger partial charge in [0, 0.05) is 36.9 Å². The maximum absolute atomic E-state index is 10.6. The Labute approximate surface area is 108 Å². The van der Waals surface area contributed by atoms with E-state index in [0.29, 0.717) is 18.6 Å². The predicted octanol–water partition coefficient (Wildman–Crippen LogP) is 2.15. The molecule has 0 aromatic carbocycles. The maximum Gasteiger partial charge on any atom is 0.304 e. The van der Waals surface area contributed by atoms with E-state index in [4.69, 9.17) is 5.11 Å². The Morgan fingerprint density at radius 1 is 1.44 bits per heavy atom. The molecule has 102 valence electrons. The standard InChI is InChI=1S/C13H23N3O2/c1-10(2)15(6-5-13(17)18)8-12-7-14-16(9-12)11(3)4/h7,9-11H,5-6,8H2,1-4H3,(H,17,18). The lowest BCUT2D eigenvalue weighted by Crippen LogP contribution is -2.32. The van der Waals surface area contributed by atoms with E-state index in [1.54, 1.807) is 0 Å². The minimum atomic E-state index is -0.751. The van der Waals surface area contributed by atoms with Gasteiger partial charge in [-0.2, -0.15) is 5.10 Å². The van der Waals surface area contributed by atoms with Crippen molar-refractivity contribution in [2.45, 2.75) is 52.7 Å². The Morgan fingerprint density at radius 2 is 2.11 bits per heavy atom. The number of nitrogens with zero attached hydrogens (tertiary/aromatic N) is 3. The first-order valence-corrected chi connectivity index (χ1v) is 6.39. The zero-order valence-electron chi connectivity index (χ0n) is 11.6. The van der Waals surface area contributed by atoms with Crippen LogP contribution in [0.15, 0.2) is 12.4 Å². The number of aliphatic carboxylic acids is 1. The molecule has 0 amide bonds. The molecule has 1 N–H and O–H groups in total. The highest BCUT2D eigenvalue weighted by Gasteiger charge is 2.13. The van der Waals surface area contributed by atoms with Gasteiger partial charge in [-0.1, -0.05) is 0 Å². The largest absolute Gasteiger partial charge is 0.481 e. The fraction of sp³-hybridized carbons (Fsp3) is 0.692. The molecule has 0 spiro atoms. The molecular weight excluding hydrogens is 230 g/mol. The molecular formula is C13H23N3O2. The zero-order valence-corrected chi connectivity index (χ0v) is 11.6. The van der Waals surface area contributed by atoms with E-state index in [-0.39, 0.29) is 6.42 Å². The molecule has 5 nitrogen and oxygen atoms in total. The summed E-state index contributed by atoms with van der Waals surface area (Å²) in [5.41, 5.74) is 1.13. The van der Waals surface area contributed by atoms with Crippen LogP contribution in [0.1, 0.15) is 45.7 Å². The van der Waals surface area contributed by atoms with Gasteiger partial charge in [0.25, 0.3) is 0 Å². The summed E-state index contributed by atoms with van der Waals surface area (Å²) in [6.07, 6.45) is 4.06. The summed E-state index contributed by atoms with van der Waals surface area (Å²) in [6, 6.07) is 0.678. The number of hydrogen-bond acceptors (Lipinski definition) is 3. The second kappa shape index (κ2) is 6.54. The lowest BCUT2D eigenvalue weighted by molar-refractivity contribution is -0.137. The van der Waals surface area contributed by atoms with Crippen LogP contribution in [-0.4, -0.2) is 38.3 Å². The van der Waals surface area contributed by atoms with Crippen molar-refractivity contribution in [3.05, 3.63) is 18.0 Å². The Morgan fingerprint density at radius 3 is 2.56 bits per heavy atom. The third-order valence-electron chi connectivity index (χ3n) is 2.91. The number of carboxylic acid groups (broad SMARTS) is 1. The van der Waals surface area contributed by atoms with Gasteiger partial charge in [0.2, 0.25) is 0 Å². The fourth-order valence-corrected chi connectivity index (χ4v) is 1.74. The molecule has 0 aliphatic heterocycles. The SMILES string of the molecule is CC(C)N(CCC(=O)O)Cc1cnn(C(C)C)c1. The first kappa shape index (κ1) is 14.7. The summed E-state index contributed by atoms with van der Waals surface area (Å²) in [5, 5.41) is 13.0. The van der Waals surface area contributed by atoms with E-state index in [1.807, 2.05) is 17.1 Å². The third-order valence-corrected chi connectivity index (χ3v) is 2.91. The van der Waals surface area contributed by atoms with E-state index in [0.717, 1.165) is 12.1 Å². The molecule has 1 heterocycles. The summed E-state index contributed by atoms with van der Waals surface area (Å²) in [5.74, 6) is -0.751. The normalized spacial score (nSPS) is 11.7. The number of carboxylic acids is 1. The van der Waals surface area contributed by atoms with Gasteiger partial charge in [-0.15, -0.1) is 0 Å². The fourth-order valence-electron chi connectivity index (χ4n) is 1.74. The van der Waals surface area contributed by atoms with Gasteiger partial charge in [0.1, 0.15) is 0 Å². The lowest BCUT2D eigenvalue weighted by Gasteiger charge is -2.25. The van der Waals surface area contributed by atoms with Crippen LogP contribution in [0.3, 0.4) is 0 Å². The van der Waals surface area contributed by atoms with Crippen LogP contribution in [0, 0.1) is 0 Å². The van der Waals surface area contributed by atoms with Crippen molar-refractivity contribution in [2.24, 2.45) is 0 Å². The van der Waals surface area contributed by atoms with E-state index >= 15 is 0 Å². The molecule has 0 bridgehead atoms. The van der Waals surface area contributed by atoms with Crippen molar-refractivity contribution in [3.63, 3.8) is 0 Å². The average molecular weight is 253 g/mol. The van der Waals surface area contributed by atoms with E-state index in [2.05, 4.69) is 37.7 Å². The smallest absolute Gasteiger partial charge is 0.304 e. The summed E-state index contributed by atoms with van der Waals surface area (Å²) in [7, 11) is 0. The Balaban J connectivity index is 2.61. The van der Waals surface area contributed by atoms with Crippen LogP contribution in [0.4, 0.5) is 0 Å². The van der Waals surface area contributed by atoms with Crippen LogP contribution in [0.5, 0.6) is 0 Å². The van der Waals surface area contributed by atoms with Crippen LogP contribution in [-0.2, 0) is 11.3 Å². The monoisotopic (exact) mass is 253 g/mol. The molecule has 1 aromatic heterocycles. The minimum absolute atomic E-state index is 0.177. The molecule has 0 aliphatic rings. The van der Waals surface area contributed by atoms with Gasteiger partial charge in [0.15, 0.2) is 0 Å². The van der Waals surface area contributed by atoms with Gasteiger partial charge in [-0.25, -0.2) is 0 Å². The number of rotatable bonds is 7. The first-order valence-electron chi connectivity index (χ1n) is 6.39. The quantitative estimate of drug-likeness (QED) is 0.809. The summed E-state index contributed by atoms with van der Waals surface area (Å²) < 4.78 is 1.92. The molecule has 0 aliphatic carbocycles. The Bertz CT molecular complexity index is 385. The third kappa shape index (κ3) is 4.49. The van der Waals surface area contributed by atoms with Gasteiger partial charge in [-0.3, -0.25) is 14.4 Å². The van der Waals surface area contributed by atoms with Crippen LogP contribution < -0.4 is 0 Å². The second-order valence-electron chi connectivity index (χ2n) is 5.13. The van der Waals surface area contributed by atoms with E-state index < -0.39 is 5.97 Å². The Hall–Kier alpha value is -1.36. The predicted molar refractivity (Wildman–Crippen MR) is 70.4 cm³/mol. The van der Waals surface area contributed by atoms with Gasteiger partial charge >= 0.3 is 5.97 Å². The van der Waals surface area contributed by atoms with Gasteiger partial charge in [-0.05, 0) is 27.7 Å². The molecule has 1 rings (SSSR count). The van der Waals surface area contributed by atoms with E-state index in [1.165, 1.54) is 0 Å². The van der Waals surface area contributed by atoms with Crippen molar-refractivity contribution in [1.29, 1.82) is 0 Å². The van der Waals surface area contributed by atoms with Gasteiger partial charge in [0.05, 0.1) is 12.6 Å². The lowest BCUT2D eigenvalue weighted by atomic mass is 10.2. The van der Waals surface area contributed by atoms with Crippen molar-refractivity contribution in [2.75, 3.05) is 6.54 Å². The molecule has 0 saturated carbocycles. The van der Waals surface area contributed by atoms with Crippen molar-refractivity contribution in [3.8, 4) is 0 Å². The van der Waals surface area contributed by atoms with Crippen LogP contribution in [0.2, 0.25) is 0 Å². The van der Waals surface area contributed by atoms with Crippen molar-refractivity contribution >= 4 is 5.97 Å². The second-order valence-corrected chi connectivity index (χ2v) is 5.13. The molecule has 0 fully saturated rings. The molecule has 5 heteroatoms. The first-order chi connectivity index (χ1) is 8.40. The number of aromatic nitrogens is 2. The average Bonchev–Trinajstić information content (AvgIpc) is 2.71. The zero-order chi connectivity index (χ0) is 13.7. The molecule has 0 saturated heterocycles. The molecule has 18 heavy (non-hydrogen) atoms. The molecule has 0 unspecified atom stereocenters. The van der Waals surface area contributed by atoms with E-state index in [9.17, 15) is 4.79 Å². The topological polar surface area (TPSA) is 58.4 Å². The maximum atomic E-state index is 10.6. The van der Waals surface area contributed by atoms with Crippen LogP contribution >= 0.6 is 0 Å². The molecule has 1 aromatic rings. The van der Waals surface area contributed by atoms with Crippen molar-refractivity contribution < 1.29 is 9.90 Å².